The Balaban J connectivity index is 1.26. The fourth-order valence-corrected chi connectivity index (χ4v) is 7.75. The van der Waals surface area contributed by atoms with Crippen molar-refractivity contribution in [2.75, 3.05) is 7.11 Å². The average Bonchev–Trinajstić information content (AvgIpc) is 3.38. The zero-order valence-corrected chi connectivity index (χ0v) is 26.0. The van der Waals surface area contributed by atoms with Gasteiger partial charge >= 0.3 is 10.1 Å². The summed E-state index contributed by atoms with van der Waals surface area (Å²) in [5.41, 5.74) is 5.48. The zero-order chi connectivity index (χ0) is 32.0. The molecule has 0 bridgehead atoms. The van der Waals surface area contributed by atoms with Crippen LogP contribution < -0.4 is 23.8 Å². The maximum absolute atomic E-state index is 14.0. The van der Waals surface area contributed by atoms with E-state index in [1.54, 1.807) is 29.9 Å². The minimum Gasteiger partial charge on any atom is -0.497 e. The van der Waals surface area contributed by atoms with E-state index < -0.39 is 15.0 Å². The van der Waals surface area contributed by atoms with Crippen LogP contribution >= 0.6 is 11.3 Å². The molecule has 10 nitrogen and oxygen atoms in total. The summed E-state index contributed by atoms with van der Waals surface area (Å²) in [6.45, 7) is 0. The van der Waals surface area contributed by atoms with Crippen molar-refractivity contribution in [3.05, 3.63) is 155 Å². The van der Waals surface area contributed by atoms with Crippen LogP contribution in [0.2, 0.25) is 0 Å². The smallest absolute Gasteiger partial charge is 0.339 e. The van der Waals surface area contributed by atoms with Crippen LogP contribution in [0.1, 0.15) is 34.7 Å². The van der Waals surface area contributed by atoms with Crippen LogP contribution in [0.25, 0.3) is 11.8 Å². The molecule has 46 heavy (non-hydrogen) atoms. The van der Waals surface area contributed by atoms with Gasteiger partial charge in [0.1, 0.15) is 16.4 Å². The first-order chi connectivity index (χ1) is 22.2. The van der Waals surface area contributed by atoms with Crippen molar-refractivity contribution in [3.63, 3.8) is 0 Å². The zero-order valence-electron chi connectivity index (χ0n) is 24.3. The number of hydrogen-bond donors (Lipinski definition) is 0. The molecule has 2 heterocycles. The van der Waals surface area contributed by atoms with Crippen LogP contribution in [-0.2, 0) is 16.5 Å². The summed E-state index contributed by atoms with van der Waals surface area (Å²) in [5.74, 6) is 0.759. The molecule has 2 aliphatic rings. The van der Waals surface area contributed by atoms with Crippen LogP contribution in [0.3, 0.4) is 0 Å². The minimum absolute atomic E-state index is 0.0568. The lowest BCUT2D eigenvalue weighted by atomic mass is 9.83. The molecule has 1 aliphatic carbocycles. The van der Waals surface area contributed by atoms with Crippen molar-refractivity contribution < 1.29 is 22.3 Å². The second kappa shape index (κ2) is 11.5. The molecule has 0 fully saturated rings. The number of non-ortho nitro benzene ring substituents is 1. The first-order valence-corrected chi connectivity index (χ1v) is 16.5. The summed E-state index contributed by atoms with van der Waals surface area (Å²) >= 11 is 1.30. The molecule has 7 rings (SSSR count). The van der Waals surface area contributed by atoms with Gasteiger partial charge in [-0.05, 0) is 77.6 Å². The standard InChI is InChI=1S/C34H25N3O7S2/c1-43-26-7-4-6-23(20-26)32-29-18-11-22-5-2-3-8-28(22)31(29)35-34-36(32)33(38)30(45-34)19-21-9-14-25(15-10-21)44-46(41,42)27-16-12-24(13-17-27)37(39)40/h2-10,12-17,19-20,32H,11,18H2,1H3/b30-19+/t32-/m0/s1. The van der Waals surface area contributed by atoms with Crippen LogP contribution in [0.15, 0.2) is 117 Å². The van der Waals surface area contributed by atoms with Gasteiger partial charge in [0.05, 0.1) is 28.3 Å². The van der Waals surface area contributed by atoms with Gasteiger partial charge in [-0.1, -0.05) is 59.9 Å². The predicted octanol–water partition coefficient (Wildman–Crippen LogP) is 5.00. The van der Waals surface area contributed by atoms with Crippen LogP contribution in [0.5, 0.6) is 11.5 Å². The molecule has 0 saturated heterocycles. The lowest BCUT2D eigenvalue weighted by molar-refractivity contribution is -0.384. The molecule has 0 N–H and O–H groups in total. The molecule has 0 saturated carbocycles. The molecule has 0 radical (unpaired) electrons. The van der Waals surface area contributed by atoms with E-state index in [0.717, 1.165) is 59.5 Å². The van der Waals surface area contributed by atoms with E-state index in [1.165, 1.54) is 29.0 Å². The minimum atomic E-state index is -4.22. The number of thiazole rings is 1. The molecular formula is C34H25N3O7S2. The van der Waals surface area contributed by atoms with E-state index in [4.69, 9.17) is 13.9 Å². The van der Waals surface area contributed by atoms with Crippen molar-refractivity contribution in [1.82, 2.24) is 4.57 Å². The Morgan fingerprint density at radius 2 is 1.72 bits per heavy atom. The molecule has 1 atom stereocenters. The second-order valence-electron chi connectivity index (χ2n) is 10.7. The Hall–Kier alpha value is -5.33. The Labute approximate surface area is 267 Å². The second-order valence-corrected chi connectivity index (χ2v) is 13.3. The number of nitro groups is 1. The van der Waals surface area contributed by atoms with Gasteiger partial charge in [-0.25, -0.2) is 4.99 Å². The third-order valence-electron chi connectivity index (χ3n) is 8.00. The third-order valence-corrected chi connectivity index (χ3v) is 10.2. The summed E-state index contributed by atoms with van der Waals surface area (Å²) in [6.07, 6.45) is 3.37. The number of benzene rings is 4. The van der Waals surface area contributed by atoms with Gasteiger partial charge in [0.2, 0.25) is 0 Å². The number of allylic oxidation sites excluding steroid dienone is 1. The summed E-state index contributed by atoms with van der Waals surface area (Å²) in [7, 11) is -2.60. The number of ether oxygens (including phenoxy) is 1. The predicted molar refractivity (Wildman–Crippen MR) is 173 cm³/mol. The maximum atomic E-state index is 14.0. The summed E-state index contributed by atoms with van der Waals surface area (Å²) in [5, 5.41) is 10.9. The monoisotopic (exact) mass is 651 g/mol. The lowest BCUT2D eigenvalue weighted by Crippen LogP contribution is -2.38. The Kier molecular flexibility index (Phi) is 7.38. The molecule has 230 valence electrons. The highest BCUT2D eigenvalue weighted by Gasteiger charge is 2.32. The molecular weight excluding hydrogens is 627 g/mol. The van der Waals surface area contributed by atoms with Gasteiger partial charge in [-0.3, -0.25) is 19.5 Å². The Morgan fingerprint density at radius 1 is 0.957 bits per heavy atom. The number of aryl methyl sites for hydroxylation is 1. The fraction of sp³-hybridized carbons (Fsp3) is 0.118. The number of nitrogens with zero attached hydrogens (tertiary/aromatic N) is 3. The fourth-order valence-electron chi connectivity index (χ4n) is 5.81. The van der Waals surface area contributed by atoms with Crippen molar-refractivity contribution >= 4 is 38.9 Å². The highest BCUT2D eigenvalue weighted by molar-refractivity contribution is 7.87. The SMILES string of the molecule is COc1cccc([C@H]2C3=C(N=c4s/c(=C/c5ccc(OS(=O)(=O)c6ccc([N+](=O)[O-])cc6)cc5)c(=O)n42)c2ccccc2CC3)c1. The van der Waals surface area contributed by atoms with Crippen molar-refractivity contribution in [1.29, 1.82) is 0 Å². The summed E-state index contributed by atoms with van der Waals surface area (Å²) < 4.78 is 38.4. The molecule has 0 amide bonds. The number of fused-ring (bicyclic) bond motifs is 3. The van der Waals surface area contributed by atoms with E-state index in [2.05, 4.69) is 12.1 Å². The van der Waals surface area contributed by atoms with E-state index in [-0.39, 0.29) is 27.9 Å². The number of hydrogen-bond acceptors (Lipinski definition) is 9. The van der Waals surface area contributed by atoms with Crippen LogP contribution in [-0.4, -0.2) is 25.0 Å². The Morgan fingerprint density at radius 3 is 2.46 bits per heavy atom. The van der Waals surface area contributed by atoms with Gasteiger partial charge in [0.25, 0.3) is 11.2 Å². The van der Waals surface area contributed by atoms with E-state index in [9.17, 15) is 23.3 Å². The van der Waals surface area contributed by atoms with Crippen molar-refractivity contribution in [2.45, 2.75) is 23.8 Å². The number of aromatic nitrogens is 1. The molecule has 1 aliphatic heterocycles. The quantitative estimate of drug-likeness (QED) is 0.138. The number of rotatable bonds is 7. The van der Waals surface area contributed by atoms with Gasteiger partial charge in [0.15, 0.2) is 4.80 Å². The normalized spacial score (nSPS) is 15.8. The maximum Gasteiger partial charge on any atom is 0.339 e. The van der Waals surface area contributed by atoms with Gasteiger partial charge in [-0.15, -0.1) is 0 Å². The summed E-state index contributed by atoms with van der Waals surface area (Å²) in [4.78, 5) is 29.7. The highest BCUT2D eigenvalue weighted by atomic mass is 32.2. The molecule has 1 aromatic heterocycles. The van der Waals surface area contributed by atoms with Gasteiger partial charge in [-0.2, -0.15) is 8.42 Å². The van der Waals surface area contributed by atoms with Gasteiger partial charge < -0.3 is 8.92 Å². The van der Waals surface area contributed by atoms with Crippen LogP contribution in [0, 0.1) is 10.1 Å². The van der Waals surface area contributed by atoms with Gasteiger partial charge in [0, 0.05) is 17.7 Å². The van der Waals surface area contributed by atoms with E-state index >= 15 is 0 Å². The first-order valence-electron chi connectivity index (χ1n) is 14.3. The molecule has 0 unspecified atom stereocenters. The highest BCUT2D eigenvalue weighted by Crippen LogP contribution is 2.41. The van der Waals surface area contributed by atoms with Crippen LogP contribution in [0.4, 0.5) is 5.69 Å². The third kappa shape index (κ3) is 5.31. The largest absolute Gasteiger partial charge is 0.497 e. The topological polar surface area (TPSA) is 130 Å². The Bertz CT molecular complexity index is 2340. The van der Waals surface area contributed by atoms with Crippen molar-refractivity contribution in [3.8, 4) is 11.5 Å². The molecule has 0 spiro atoms. The summed E-state index contributed by atoms with van der Waals surface area (Å²) in [6, 6.07) is 26.4. The number of nitro benzene ring substituents is 1. The molecule has 12 heteroatoms. The number of methoxy groups -OCH3 is 1. The first kappa shape index (κ1) is 29.4. The molecule has 4 aromatic carbocycles. The van der Waals surface area contributed by atoms with E-state index in [1.807, 2.05) is 36.4 Å². The van der Waals surface area contributed by atoms with Crippen molar-refractivity contribution in [2.24, 2.45) is 4.99 Å². The average molecular weight is 652 g/mol. The lowest BCUT2D eigenvalue weighted by Gasteiger charge is -2.31. The molecule has 5 aromatic rings. The van der Waals surface area contributed by atoms with E-state index in [0.29, 0.717) is 20.6 Å².